The fourth-order valence-electron chi connectivity index (χ4n) is 4.06. The van der Waals surface area contributed by atoms with Gasteiger partial charge in [-0.05, 0) is 30.7 Å². The van der Waals surface area contributed by atoms with Crippen LogP contribution in [-0.2, 0) is 16.6 Å². The quantitative estimate of drug-likeness (QED) is 0.338. The lowest BCUT2D eigenvalue weighted by Gasteiger charge is -2.24. The van der Waals surface area contributed by atoms with Gasteiger partial charge in [0, 0.05) is 41.8 Å². The molecule has 1 N–H and O–H groups in total. The number of para-hydroxylation sites is 1. The Morgan fingerprint density at radius 2 is 1.83 bits per heavy atom. The first kappa shape index (κ1) is 20.5. The number of aliphatic hydroxyl groups excluding tert-OH is 1. The topological polar surface area (TPSA) is 62.5 Å². The number of hydrogen-bond acceptors (Lipinski definition) is 3. The van der Waals surface area contributed by atoms with Crippen LogP contribution in [0.15, 0.2) is 54.2 Å². The number of ketones is 1. The number of aliphatic hydroxyl groups is 1. The second kappa shape index (κ2) is 7.82. The minimum absolute atomic E-state index is 0.0585. The summed E-state index contributed by atoms with van der Waals surface area (Å²) >= 11 is 12.1. The summed E-state index contributed by atoms with van der Waals surface area (Å²) in [5.41, 5.74) is 2.17. The average molecular weight is 443 g/mol. The van der Waals surface area contributed by atoms with Crippen molar-refractivity contribution in [1.29, 1.82) is 0 Å². The number of amides is 1. The maximum atomic E-state index is 13.0. The Balaban J connectivity index is 1.98. The zero-order chi connectivity index (χ0) is 21.6. The molecule has 0 spiro atoms. The van der Waals surface area contributed by atoms with Gasteiger partial charge in [0.2, 0.25) is 0 Å². The molecule has 1 atom stereocenters. The van der Waals surface area contributed by atoms with Crippen molar-refractivity contribution < 1.29 is 14.7 Å². The number of hydrogen-bond donors (Lipinski definition) is 1. The van der Waals surface area contributed by atoms with E-state index >= 15 is 0 Å². The zero-order valence-corrected chi connectivity index (χ0v) is 18.0. The van der Waals surface area contributed by atoms with E-state index in [1.54, 1.807) is 12.1 Å². The molecule has 154 valence electrons. The summed E-state index contributed by atoms with van der Waals surface area (Å²) in [5, 5.41) is 12.6. The van der Waals surface area contributed by atoms with Gasteiger partial charge in [0.1, 0.15) is 5.76 Å². The number of carbonyl (C=O) groups is 2. The Morgan fingerprint density at radius 3 is 2.53 bits per heavy atom. The number of benzene rings is 2. The molecule has 3 aromatic rings. The van der Waals surface area contributed by atoms with E-state index in [2.05, 4.69) is 0 Å². The van der Waals surface area contributed by atoms with Crippen LogP contribution in [0.3, 0.4) is 0 Å². The third-order valence-electron chi connectivity index (χ3n) is 5.42. The van der Waals surface area contributed by atoms with Crippen LogP contribution in [0, 0.1) is 0 Å². The van der Waals surface area contributed by atoms with Crippen molar-refractivity contribution in [1.82, 2.24) is 9.47 Å². The summed E-state index contributed by atoms with van der Waals surface area (Å²) < 4.78 is 1.95. The minimum Gasteiger partial charge on any atom is -0.507 e. The molecular formula is C23H20Cl2N2O3. The van der Waals surface area contributed by atoms with Gasteiger partial charge in [0.15, 0.2) is 0 Å². The van der Waals surface area contributed by atoms with E-state index in [0.29, 0.717) is 23.6 Å². The van der Waals surface area contributed by atoms with Gasteiger partial charge in [-0.2, -0.15) is 0 Å². The molecule has 4 rings (SSSR count). The van der Waals surface area contributed by atoms with E-state index in [-0.39, 0.29) is 16.4 Å². The Bertz CT molecular complexity index is 1210. The predicted molar refractivity (Wildman–Crippen MR) is 119 cm³/mol. The minimum atomic E-state index is -0.704. The predicted octanol–water partition coefficient (Wildman–Crippen LogP) is 5.32. The van der Waals surface area contributed by atoms with Crippen molar-refractivity contribution in [2.75, 3.05) is 6.54 Å². The van der Waals surface area contributed by atoms with Crippen LogP contribution >= 0.6 is 23.2 Å². The smallest absolute Gasteiger partial charge is 0.295 e. The zero-order valence-electron chi connectivity index (χ0n) is 16.5. The number of Topliss-reactive ketones (excluding diaryl/α,β-unsaturated/α-hetero) is 1. The molecule has 1 amide bonds. The van der Waals surface area contributed by atoms with Crippen molar-refractivity contribution in [2.45, 2.75) is 19.4 Å². The van der Waals surface area contributed by atoms with Crippen LogP contribution < -0.4 is 0 Å². The second-order valence-corrected chi connectivity index (χ2v) is 8.15. The van der Waals surface area contributed by atoms with Crippen molar-refractivity contribution >= 4 is 51.6 Å². The lowest BCUT2D eigenvalue weighted by atomic mass is 9.95. The molecule has 1 saturated heterocycles. The van der Waals surface area contributed by atoms with Gasteiger partial charge in [-0.1, -0.05) is 48.3 Å². The molecule has 0 aliphatic carbocycles. The van der Waals surface area contributed by atoms with Crippen molar-refractivity contribution in [3.8, 4) is 0 Å². The Labute approximate surface area is 184 Å². The van der Waals surface area contributed by atoms with E-state index in [1.165, 1.54) is 11.0 Å². The highest BCUT2D eigenvalue weighted by Gasteiger charge is 2.46. The molecule has 1 unspecified atom stereocenters. The third-order valence-corrected chi connectivity index (χ3v) is 6.16. The molecule has 1 aliphatic heterocycles. The molecule has 1 aliphatic rings. The number of aryl methyl sites for hydroxylation is 1. The van der Waals surface area contributed by atoms with Crippen LogP contribution in [-0.4, -0.2) is 32.8 Å². The Morgan fingerprint density at radius 1 is 1.10 bits per heavy atom. The largest absolute Gasteiger partial charge is 0.507 e. The number of halogens is 2. The molecule has 0 radical (unpaired) electrons. The molecule has 7 heteroatoms. The maximum absolute atomic E-state index is 13.0. The van der Waals surface area contributed by atoms with Gasteiger partial charge in [-0.15, -0.1) is 0 Å². The lowest BCUT2D eigenvalue weighted by molar-refractivity contribution is -0.139. The highest BCUT2D eigenvalue weighted by molar-refractivity contribution is 6.47. The van der Waals surface area contributed by atoms with E-state index in [1.807, 2.05) is 49.0 Å². The summed E-state index contributed by atoms with van der Waals surface area (Å²) in [5.74, 6) is -1.58. The van der Waals surface area contributed by atoms with Crippen LogP contribution in [0.4, 0.5) is 0 Å². The molecule has 5 nitrogen and oxygen atoms in total. The van der Waals surface area contributed by atoms with Crippen molar-refractivity contribution in [3.63, 3.8) is 0 Å². The first-order chi connectivity index (χ1) is 14.3. The SMILES string of the molecule is CCCN1C(=O)C(=O)/C(=C(/O)c2ccc(Cl)c(Cl)c2)C1c1cn(C)c2ccccc12. The van der Waals surface area contributed by atoms with Crippen molar-refractivity contribution in [2.24, 2.45) is 7.05 Å². The van der Waals surface area contributed by atoms with Crippen LogP contribution in [0.5, 0.6) is 0 Å². The van der Waals surface area contributed by atoms with E-state index < -0.39 is 17.7 Å². The lowest BCUT2D eigenvalue weighted by Crippen LogP contribution is -2.30. The van der Waals surface area contributed by atoms with E-state index in [9.17, 15) is 14.7 Å². The molecule has 1 aromatic heterocycles. The van der Waals surface area contributed by atoms with Gasteiger partial charge in [0.25, 0.3) is 11.7 Å². The molecule has 1 fully saturated rings. The number of rotatable bonds is 4. The summed E-state index contributed by atoms with van der Waals surface area (Å²) in [7, 11) is 1.91. The van der Waals surface area contributed by atoms with Gasteiger partial charge in [-0.25, -0.2) is 0 Å². The highest BCUT2D eigenvalue weighted by Crippen LogP contribution is 2.42. The summed E-state index contributed by atoms with van der Waals surface area (Å²) in [6.07, 6.45) is 2.59. The van der Waals surface area contributed by atoms with Gasteiger partial charge in [-0.3, -0.25) is 9.59 Å². The van der Waals surface area contributed by atoms with Crippen LogP contribution in [0.25, 0.3) is 16.7 Å². The Hall–Kier alpha value is -2.76. The average Bonchev–Trinajstić information content (AvgIpc) is 3.19. The number of nitrogens with zero attached hydrogens (tertiary/aromatic N) is 2. The number of aromatic nitrogens is 1. The Kier molecular flexibility index (Phi) is 5.35. The summed E-state index contributed by atoms with van der Waals surface area (Å²) in [6.45, 7) is 2.34. The molecular weight excluding hydrogens is 423 g/mol. The van der Waals surface area contributed by atoms with Crippen LogP contribution in [0.1, 0.15) is 30.5 Å². The molecule has 2 aromatic carbocycles. The molecule has 0 bridgehead atoms. The molecule has 0 saturated carbocycles. The summed E-state index contributed by atoms with van der Waals surface area (Å²) in [4.78, 5) is 27.4. The maximum Gasteiger partial charge on any atom is 0.295 e. The first-order valence-corrected chi connectivity index (χ1v) is 10.4. The number of likely N-dealkylation sites (tertiary alicyclic amines) is 1. The third kappa shape index (κ3) is 3.18. The molecule has 2 heterocycles. The fourth-order valence-corrected chi connectivity index (χ4v) is 4.36. The van der Waals surface area contributed by atoms with E-state index in [4.69, 9.17) is 23.2 Å². The second-order valence-electron chi connectivity index (χ2n) is 7.33. The fraction of sp³-hybridized carbons (Fsp3) is 0.217. The van der Waals surface area contributed by atoms with E-state index in [0.717, 1.165) is 16.5 Å². The standard InChI is InChI=1S/C23H20Cl2N2O3/c1-3-10-27-20(15-12-26(2)18-7-5-4-6-14(15)18)19(22(29)23(27)30)21(28)13-8-9-16(24)17(25)11-13/h4-9,11-12,20,28H,3,10H2,1-2H3/b21-19+. The highest BCUT2D eigenvalue weighted by atomic mass is 35.5. The van der Waals surface area contributed by atoms with Crippen molar-refractivity contribution in [3.05, 3.63) is 75.4 Å². The van der Waals surface area contributed by atoms with Gasteiger partial charge < -0.3 is 14.6 Å². The van der Waals surface area contributed by atoms with Crippen LogP contribution in [0.2, 0.25) is 10.0 Å². The molecule has 30 heavy (non-hydrogen) atoms. The number of carbonyl (C=O) groups excluding carboxylic acids is 2. The summed E-state index contributed by atoms with van der Waals surface area (Å²) in [6, 6.07) is 11.7. The van der Waals surface area contributed by atoms with Gasteiger partial charge >= 0.3 is 0 Å². The normalized spacial score (nSPS) is 18.5. The first-order valence-electron chi connectivity index (χ1n) is 9.63. The van der Waals surface area contributed by atoms with Gasteiger partial charge in [0.05, 0.1) is 21.7 Å². The number of fused-ring (bicyclic) bond motifs is 1. The monoisotopic (exact) mass is 442 g/mol.